The molecule has 150 valence electrons. The van der Waals surface area contributed by atoms with E-state index in [4.69, 9.17) is 4.74 Å². The van der Waals surface area contributed by atoms with Crippen LogP contribution in [0.4, 0.5) is 17.6 Å². The van der Waals surface area contributed by atoms with Crippen LogP contribution in [0.3, 0.4) is 0 Å². The van der Waals surface area contributed by atoms with Crippen molar-refractivity contribution >= 4 is 5.91 Å². The summed E-state index contributed by atoms with van der Waals surface area (Å²) in [6.07, 6.45) is -4.96. The average molecular weight is 395 g/mol. The molecule has 3 rings (SSSR count). The number of hydrogen-bond acceptors (Lipinski definition) is 2. The number of morpholine rings is 1. The van der Waals surface area contributed by atoms with Gasteiger partial charge in [-0.05, 0) is 43.2 Å². The van der Waals surface area contributed by atoms with Crippen LogP contribution in [0.15, 0.2) is 48.5 Å². The van der Waals surface area contributed by atoms with E-state index in [2.05, 4.69) is 0 Å². The van der Waals surface area contributed by atoms with E-state index in [0.717, 1.165) is 12.1 Å². The number of alkyl halides is 3. The van der Waals surface area contributed by atoms with Crippen LogP contribution in [0.1, 0.15) is 36.6 Å². The van der Waals surface area contributed by atoms with Gasteiger partial charge in [0, 0.05) is 6.54 Å². The summed E-state index contributed by atoms with van der Waals surface area (Å²) in [7, 11) is 0. The van der Waals surface area contributed by atoms with Crippen LogP contribution in [0.5, 0.6) is 0 Å². The normalized spacial score (nSPS) is 18.2. The zero-order chi connectivity index (χ0) is 20.5. The van der Waals surface area contributed by atoms with Gasteiger partial charge in [-0.15, -0.1) is 0 Å². The van der Waals surface area contributed by atoms with Crippen molar-refractivity contribution in [2.45, 2.75) is 31.5 Å². The van der Waals surface area contributed by atoms with Gasteiger partial charge in [0.1, 0.15) is 11.9 Å². The smallest absolute Gasteiger partial charge is 0.370 e. The highest BCUT2D eigenvalue weighted by Gasteiger charge is 2.38. The fraction of sp³-hybridized carbons (Fsp3) is 0.381. The second kappa shape index (κ2) is 7.54. The van der Waals surface area contributed by atoms with E-state index in [-0.39, 0.29) is 19.1 Å². The van der Waals surface area contributed by atoms with Crippen LogP contribution in [0.25, 0.3) is 0 Å². The first-order valence-corrected chi connectivity index (χ1v) is 8.93. The van der Waals surface area contributed by atoms with Gasteiger partial charge in [0.05, 0.1) is 24.1 Å². The summed E-state index contributed by atoms with van der Waals surface area (Å²) in [4.78, 5) is 14.7. The van der Waals surface area contributed by atoms with Gasteiger partial charge in [0.2, 0.25) is 5.91 Å². The van der Waals surface area contributed by atoms with Crippen LogP contribution < -0.4 is 0 Å². The van der Waals surface area contributed by atoms with E-state index in [0.29, 0.717) is 17.7 Å². The van der Waals surface area contributed by atoms with Crippen LogP contribution in [0, 0.1) is 5.82 Å². The van der Waals surface area contributed by atoms with Crippen molar-refractivity contribution in [1.29, 1.82) is 0 Å². The Kier molecular flexibility index (Phi) is 5.48. The lowest BCUT2D eigenvalue weighted by molar-refractivity contribution is -0.144. The number of amides is 1. The molecule has 1 aliphatic rings. The molecule has 0 saturated carbocycles. The largest absolute Gasteiger partial charge is 0.416 e. The van der Waals surface area contributed by atoms with Crippen LogP contribution in [-0.4, -0.2) is 30.5 Å². The maximum Gasteiger partial charge on any atom is 0.416 e. The minimum absolute atomic E-state index is 0.213. The molecule has 1 saturated heterocycles. The third-order valence-electron chi connectivity index (χ3n) is 5.02. The second-order valence-corrected chi connectivity index (χ2v) is 7.37. The zero-order valence-corrected chi connectivity index (χ0v) is 15.6. The Morgan fingerprint density at radius 2 is 1.75 bits per heavy atom. The fourth-order valence-corrected chi connectivity index (χ4v) is 3.35. The SMILES string of the molecule is CC(C)(C(=O)N1CCOC(c2cccc(F)c2)C1)c1cccc(C(F)(F)F)c1. The van der Waals surface area contributed by atoms with E-state index in [1.54, 1.807) is 30.9 Å². The Morgan fingerprint density at radius 3 is 2.43 bits per heavy atom. The van der Waals surface area contributed by atoms with Gasteiger partial charge in [0.25, 0.3) is 0 Å². The van der Waals surface area contributed by atoms with Crippen LogP contribution in [0.2, 0.25) is 0 Å². The maximum absolute atomic E-state index is 13.5. The predicted molar refractivity (Wildman–Crippen MR) is 96.1 cm³/mol. The standard InChI is InChI=1S/C21H21F4NO2/c1-20(2,15-6-4-7-16(12-15)21(23,24)25)19(27)26-9-10-28-18(13-26)14-5-3-8-17(22)11-14/h3-8,11-12,18H,9-10,13H2,1-2H3. The van der Waals surface area contributed by atoms with Gasteiger partial charge < -0.3 is 9.64 Å². The Balaban J connectivity index is 1.82. The second-order valence-electron chi connectivity index (χ2n) is 7.37. The highest BCUT2D eigenvalue weighted by atomic mass is 19.4. The van der Waals surface area contributed by atoms with Gasteiger partial charge in [0.15, 0.2) is 0 Å². The molecular formula is C21H21F4NO2. The van der Waals surface area contributed by atoms with Gasteiger partial charge in [-0.3, -0.25) is 4.79 Å². The highest BCUT2D eigenvalue weighted by Crippen LogP contribution is 2.34. The highest BCUT2D eigenvalue weighted by molar-refractivity contribution is 5.87. The summed E-state index contributed by atoms with van der Waals surface area (Å²) in [5, 5.41) is 0. The van der Waals surface area contributed by atoms with Gasteiger partial charge in [-0.1, -0.05) is 30.3 Å². The number of nitrogens with zero attached hydrogens (tertiary/aromatic N) is 1. The molecule has 0 N–H and O–H groups in total. The minimum atomic E-state index is -4.48. The molecule has 0 spiro atoms. The molecule has 0 aliphatic carbocycles. The average Bonchev–Trinajstić information content (AvgIpc) is 2.67. The molecule has 28 heavy (non-hydrogen) atoms. The van der Waals surface area contributed by atoms with Crippen LogP contribution in [-0.2, 0) is 21.1 Å². The molecule has 2 aromatic rings. The van der Waals surface area contributed by atoms with Crippen LogP contribution >= 0.6 is 0 Å². The molecule has 0 bridgehead atoms. The molecule has 1 amide bonds. The van der Waals surface area contributed by atoms with E-state index in [1.165, 1.54) is 24.3 Å². The molecule has 0 aromatic heterocycles. The summed E-state index contributed by atoms with van der Waals surface area (Å²) in [6, 6.07) is 10.8. The lowest BCUT2D eigenvalue weighted by atomic mass is 9.82. The van der Waals surface area contributed by atoms with Crippen molar-refractivity contribution in [3.05, 3.63) is 71.0 Å². The third-order valence-corrected chi connectivity index (χ3v) is 5.02. The summed E-state index contributed by atoms with van der Waals surface area (Å²) < 4.78 is 58.3. The van der Waals surface area contributed by atoms with Crippen molar-refractivity contribution in [3.63, 3.8) is 0 Å². The van der Waals surface area contributed by atoms with E-state index in [9.17, 15) is 22.4 Å². The number of benzene rings is 2. The summed E-state index contributed by atoms with van der Waals surface area (Å²) in [6.45, 7) is 4.03. The quantitative estimate of drug-likeness (QED) is 0.704. The summed E-state index contributed by atoms with van der Waals surface area (Å²) in [5.74, 6) is -0.689. The number of carbonyl (C=O) groups excluding carboxylic acids is 1. The van der Waals surface area contributed by atoms with Gasteiger partial charge in [-0.2, -0.15) is 13.2 Å². The molecule has 1 atom stereocenters. The van der Waals surface area contributed by atoms with Crippen molar-refractivity contribution in [1.82, 2.24) is 4.90 Å². The van der Waals surface area contributed by atoms with Crippen molar-refractivity contribution in [2.24, 2.45) is 0 Å². The number of carbonyl (C=O) groups is 1. The predicted octanol–water partition coefficient (Wildman–Crippen LogP) is 4.72. The Morgan fingerprint density at radius 1 is 1.07 bits per heavy atom. The van der Waals surface area contributed by atoms with Gasteiger partial charge >= 0.3 is 6.18 Å². The zero-order valence-electron chi connectivity index (χ0n) is 15.6. The first-order valence-electron chi connectivity index (χ1n) is 8.93. The number of rotatable bonds is 3. The first kappa shape index (κ1) is 20.3. The Hall–Kier alpha value is -2.41. The number of halogens is 4. The molecule has 0 radical (unpaired) electrons. The Labute approximate surface area is 160 Å². The molecule has 1 aliphatic heterocycles. The lowest BCUT2D eigenvalue weighted by Crippen LogP contribution is -2.49. The van der Waals surface area contributed by atoms with E-state index < -0.39 is 29.1 Å². The third kappa shape index (κ3) is 4.19. The van der Waals surface area contributed by atoms with Gasteiger partial charge in [-0.25, -0.2) is 4.39 Å². The molecule has 1 heterocycles. The molecule has 3 nitrogen and oxygen atoms in total. The summed E-state index contributed by atoms with van der Waals surface area (Å²) >= 11 is 0. The monoisotopic (exact) mass is 395 g/mol. The van der Waals surface area contributed by atoms with Crippen molar-refractivity contribution < 1.29 is 27.1 Å². The van der Waals surface area contributed by atoms with Crippen molar-refractivity contribution in [2.75, 3.05) is 19.7 Å². The number of hydrogen-bond donors (Lipinski definition) is 0. The molecular weight excluding hydrogens is 374 g/mol. The molecule has 2 aromatic carbocycles. The lowest BCUT2D eigenvalue weighted by Gasteiger charge is -2.38. The molecule has 1 unspecified atom stereocenters. The topological polar surface area (TPSA) is 29.5 Å². The first-order chi connectivity index (χ1) is 13.1. The molecule has 7 heteroatoms. The number of ether oxygens (including phenoxy) is 1. The summed E-state index contributed by atoms with van der Waals surface area (Å²) in [5.41, 5.74) is -1.02. The minimum Gasteiger partial charge on any atom is -0.370 e. The fourth-order valence-electron chi connectivity index (χ4n) is 3.35. The van der Waals surface area contributed by atoms with E-state index >= 15 is 0 Å². The Bertz CT molecular complexity index is 863. The maximum atomic E-state index is 13.5. The molecule has 1 fully saturated rings. The van der Waals surface area contributed by atoms with E-state index in [1.807, 2.05) is 0 Å². The van der Waals surface area contributed by atoms with Crippen molar-refractivity contribution in [3.8, 4) is 0 Å².